The summed E-state index contributed by atoms with van der Waals surface area (Å²) in [6, 6.07) is 15.8. The van der Waals surface area contributed by atoms with Gasteiger partial charge in [-0.15, -0.1) is 11.3 Å². The van der Waals surface area contributed by atoms with E-state index in [1.54, 1.807) is 23.5 Å². The van der Waals surface area contributed by atoms with Crippen molar-refractivity contribution in [2.75, 3.05) is 5.32 Å². The summed E-state index contributed by atoms with van der Waals surface area (Å²) < 4.78 is 0. The third-order valence-electron chi connectivity index (χ3n) is 5.25. The van der Waals surface area contributed by atoms with Gasteiger partial charge in [0.05, 0.1) is 16.1 Å². The molecular weight excluding hydrogens is 421 g/mol. The van der Waals surface area contributed by atoms with Crippen molar-refractivity contribution in [1.29, 1.82) is 0 Å². The Kier molecular flexibility index (Phi) is 5.17. The summed E-state index contributed by atoms with van der Waals surface area (Å²) in [7, 11) is 0. The molecule has 29 heavy (non-hydrogen) atoms. The molecular formula is C23H19Cl2N3S. The highest BCUT2D eigenvalue weighted by atomic mass is 35.5. The maximum Gasteiger partial charge on any atom is 0.143 e. The lowest BCUT2D eigenvalue weighted by atomic mass is 9.97. The summed E-state index contributed by atoms with van der Waals surface area (Å²) in [5, 5.41) is 5.85. The van der Waals surface area contributed by atoms with Crippen molar-refractivity contribution in [3.63, 3.8) is 0 Å². The van der Waals surface area contributed by atoms with Crippen molar-refractivity contribution < 1.29 is 0 Å². The van der Waals surface area contributed by atoms with E-state index in [0.29, 0.717) is 16.5 Å². The summed E-state index contributed by atoms with van der Waals surface area (Å²) in [5.74, 6) is 1.63. The van der Waals surface area contributed by atoms with E-state index in [0.717, 1.165) is 40.4 Å². The zero-order chi connectivity index (χ0) is 19.8. The summed E-state index contributed by atoms with van der Waals surface area (Å²) in [5.41, 5.74) is 3.35. The van der Waals surface area contributed by atoms with E-state index >= 15 is 0 Å². The van der Waals surface area contributed by atoms with Gasteiger partial charge in [0.2, 0.25) is 0 Å². The molecule has 0 fully saturated rings. The van der Waals surface area contributed by atoms with Gasteiger partial charge in [0.1, 0.15) is 16.5 Å². The Balaban J connectivity index is 1.64. The number of halogens is 2. The molecule has 6 heteroatoms. The van der Waals surface area contributed by atoms with E-state index in [1.807, 2.05) is 24.3 Å². The third kappa shape index (κ3) is 3.85. The van der Waals surface area contributed by atoms with E-state index in [1.165, 1.54) is 28.8 Å². The molecule has 146 valence electrons. The first kappa shape index (κ1) is 18.9. The average molecular weight is 440 g/mol. The number of anilines is 2. The predicted octanol–water partition coefficient (Wildman–Crippen LogP) is 7.21. The van der Waals surface area contributed by atoms with Gasteiger partial charge in [0.25, 0.3) is 0 Å². The standard InChI is InChI=1S/C23H19Cl2N3S/c24-15-10-11-17(25)18(13-15)26-22-21-16-8-4-5-9-19(16)29-23(21)28-20(27-22)12-14-6-2-1-3-7-14/h1-3,6-7,10-11,13H,4-5,8-9,12H2,(H,26,27,28). The first-order valence-corrected chi connectivity index (χ1v) is 11.3. The Morgan fingerprint density at radius 1 is 0.966 bits per heavy atom. The monoisotopic (exact) mass is 439 g/mol. The highest BCUT2D eigenvalue weighted by molar-refractivity contribution is 7.19. The minimum atomic E-state index is 0.620. The molecule has 1 aliphatic rings. The number of rotatable bonds is 4. The topological polar surface area (TPSA) is 37.8 Å². The van der Waals surface area contributed by atoms with Crippen molar-refractivity contribution in [3.05, 3.63) is 80.4 Å². The average Bonchev–Trinajstić information content (AvgIpc) is 3.10. The number of hydrogen-bond acceptors (Lipinski definition) is 4. The number of nitrogens with zero attached hydrogens (tertiary/aromatic N) is 2. The van der Waals surface area contributed by atoms with Crippen LogP contribution < -0.4 is 5.32 Å². The highest BCUT2D eigenvalue weighted by Crippen LogP contribution is 2.40. The lowest BCUT2D eigenvalue weighted by Gasteiger charge is -2.14. The molecule has 2 aromatic heterocycles. The molecule has 4 aromatic rings. The normalized spacial score (nSPS) is 13.4. The zero-order valence-corrected chi connectivity index (χ0v) is 18.0. The number of aryl methyl sites for hydroxylation is 2. The Bertz CT molecular complexity index is 1190. The van der Waals surface area contributed by atoms with Crippen molar-refractivity contribution >= 4 is 56.3 Å². The van der Waals surface area contributed by atoms with Crippen LogP contribution in [0.5, 0.6) is 0 Å². The van der Waals surface area contributed by atoms with Crippen LogP contribution in [-0.2, 0) is 19.3 Å². The van der Waals surface area contributed by atoms with Crippen LogP contribution in [0.2, 0.25) is 10.0 Å². The largest absolute Gasteiger partial charge is 0.338 e. The number of thiophene rings is 1. The fraction of sp³-hybridized carbons (Fsp3) is 0.217. The van der Waals surface area contributed by atoms with Crippen LogP contribution >= 0.6 is 34.5 Å². The molecule has 2 aromatic carbocycles. The van der Waals surface area contributed by atoms with Crippen molar-refractivity contribution in [3.8, 4) is 0 Å². The minimum Gasteiger partial charge on any atom is -0.338 e. The Morgan fingerprint density at radius 3 is 2.66 bits per heavy atom. The molecule has 3 nitrogen and oxygen atoms in total. The number of nitrogens with one attached hydrogen (secondary N) is 1. The van der Waals surface area contributed by atoms with Crippen molar-refractivity contribution in [2.24, 2.45) is 0 Å². The predicted molar refractivity (Wildman–Crippen MR) is 123 cm³/mol. The maximum atomic E-state index is 6.42. The molecule has 0 spiro atoms. The second-order valence-electron chi connectivity index (χ2n) is 7.29. The molecule has 1 aliphatic carbocycles. The minimum absolute atomic E-state index is 0.620. The van der Waals surface area contributed by atoms with Crippen LogP contribution in [-0.4, -0.2) is 9.97 Å². The Hall–Kier alpha value is -2.14. The molecule has 5 rings (SSSR count). The van der Waals surface area contributed by atoms with Gasteiger partial charge < -0.3 is 5.32 Å². The van der Waals surface area contributed by atoms with Gasteiger partial charge in [0, 0.05) is 16.3 Å². The SMILES string of the molecule is Clc1ccc(Cl)c(Nc2nc(Cc3ccccc3)nc3sc4c(c23)CCCC4)c1. The fourth-order valence-corrected chi connectivity index (χ4v) is 5.49. The van der Waals surface area contributed by atoms with Gasteiger partial charge in [-0.05, 0) is 55.0 Å². The molecule has 0 amide bonds. The van der Waals surface area contributed by atoms with Crippen LogP contribution in [0.4, 0.5) is 11.5 Å². The second-order valence-corrected chi connectivity index (χ2v) is 9.22. The Labute approximate surface area is 183 Å². The molecule has 1 N–H and O–H groups in total. The highest BCUT2D eigenvalue weighted by Gasteiger charge is 2.21. The summed E-state index contributed by atoms with van der Waals surface area (Å²) in [6.45, 7) is 0. The Morgan fingerprint density at radius 2 is 1.79 bits per heavy atom. The number of fused-ring (bicyclic) bond motifs is 3. The molecule has 0 bridgehead atoms. The van der Waals surface area contributed by atoms with Gasteiger partial charge in [0.15, 0.2) is 0 Å². The fourth-order valence-electron chi connectivity index (χ4n) is 3.87. The molecule has 0 saturated carbocycles. The number of benzene rings is 2. The number of aromatic nitrogens is 2. The quantitative estimate of drug-likeness (QED) is 0.364. The van der Waals surface area contributed by atoms with Gasteiger partial charge in [-0.2, -0.15) is 0 Å². The lowest BCUT2D eigenvalue weighted by Crippen LogP contribution is -2.04. The first-order chi connectivity index (χ1) is 14.2. The number of hydrogen-bond donors (Lipinski definition) is 1. The third-order valence-corrected chi connectivity index (χ3v) is 7.00. The van der Waals surface area contributed by atoms with Gasteiger partial charge in [-0.3, -0.25) is 0 Å². The molecule has 0 aliphatic heterocycles. The van der Waals surface area contributed by atoms with Crippen LogP contribution in [0.15, 0.2) is 48.5 Å². The van der Waals surface area contributed by atoms with Crippen LogP contribution in [0.3, 0.4) is 0 Å². The summed E-state index contributed by atoms with van der Waals surface area (Å²) in [6.07, 6.45) is 5.35. The zero-order valence-electron chi connectivity index (χ0n) is 15.7. The summed E-state index contributed by atoms with van der Waals surface area (Å²) in [4.78, 5) is 12.3. The molecule has 0 atom stereocenters. The first-order valence-electron chi connectivity index (χ1n) is 9.74. The summed E-state index contributed by atoms with van der Waals surface area (Å²) >= 11 is 14.4. The van der Waals surface area contributed by atoms with E-state index in [-0.39, 0.29) is 0 Å². The van der Waals surface area contributed by atoms with Crippen molar-refractivity contribution in [1.82, 2.24) is 9.97 Å². The van der Waals surface area contributed by atoms with Crippen molar-refractivity contribution in [2.45, 2.75) is 32.1 Å². The van der Waals surface area contributed by atoms with Gasteiger partial charge >= 0.3 is 0 Å². The van der Waals surface area contributed by atoms with E-state index in [2.05, 4.69) is 17.4 Å². The van der Waals surface area contributed by atoms with Gasteiger partial charge in [-0.1, -0.05) is 53.5 Å². The van der Waals surface area contributed by atoms with E-state index in [4.69, 9.17) is 33.2 Å². The van der Waals surface area contributed by atoms with E-state index in [9.17, 15) is 0 Å². The van der Waals surface area contributed by atoms with Crippen LogP contribution in [0, 0.1) is 0 Å². The molecule has 2 heterocycles. The van der Waals surface area contributed by atoms with Crippen LogP contribution in [0.25, 0.3) is 10.2 Å². The smallest absolute Gasteiger partial charge is 0.143 e. The second kappa shape index (κ2) is 7.94. The molecule has 0 radical (unpaired) electrons. The van der Waals surface area contributed by atoms with Crippen LogP contribution in [0.1, 0.15) is 34.7 Å². The van der Waals surface area contributed by atoms with Gasteiger partial charge in [-0.25, -0.2) is 9.97 Å². The maximum absolute atomic E-state index is 6.42. The molecule has 0 unspecified atom stereocenters. The molecule has 0 saturated heterocycles. The van der Waals surface area contributed by atoms with E-state index < -0.39 is 0 Å². The lowest BCUT2D eigenvalue weighted by molar-refractivity contribution is 0.700.